The van der Waals surface area contributed by atoms with Crippen molar-refractivity contribution in [3.63, 3.8) is 0 Å². The number of anilines is 2. The molecule has 9 heteroatoms. The number of rotatable bonds is 6. The third-order valence-corrected chi connectivity index (χ3v) is 6.45. The van der Waals surface area contributed by atoms with Crippen LogP contribution in [0.3, 0.4) is 0 Å². The number of methoxy groups -OCH3 is 1. The summed E-state index contributed by atoms with van der Waals surface area (Å²) in [4.78, 5) is 4.43. The molecule has 0 radical (unpaired) electrons. The van der Waals surface area contributed by atoms with Gasteiger partial charge >= 0.3 is 0 Å². The molecule has 6 nitrogen and oxygen atoms in total. The van der Waals surface area contributed by atoms with Crippen LogP contribution >= 0.6 is 31.9 Å². The van der Waals surface area contributed by atoms with Crippen LogP contribution in [0.15, 0.2) is 60.9 Å². The van der Waals surface area contributed by atoms with Crippen molar-refractivity contribution < 1.29 is 17.6 Å². The second-order valence-electron chi connectivity index (χ2n) is 5.58. The van der Waals surface area contributed by atoms with Crippen LogP contribution in [0.2, 0.25) is 0 Å². The lowest BCUT2D eigenvalue weighted by atomic mass is 10.2. The van der Waals surface area contributed by atoms with Crippen molar-refractivity contribution in [2.24, 2.45) is 0 Å². The molecule has 0 unspecified atom stereocenters. The third kappa shape index (κ3) is 4.53. The fourth-order valence-corrected chi connectivity index (χ4v) is 4.62. The Morgan fingerprint density at radius 1 is 1.15 bits per heavy atom. The zero-order valence-corrected chi connectivity index (χ0v) is 18.5. The van der Waals surface area contributed by atoms with Gasteiger partial charge in [0.05, 0.1) is 29.6 Å². The summed E-state index contributed by atoms with van der Waals surface area (Å²) in [6, 6.07) is 10.6. The number of oxazole rings is 1. The van der Waals surface area contributed by atoms with Crippen molar-refractivity contribution in [2.75, 3.05) is 18.2 Å². The number of ether oxygens (including phenoxy) is 1. The van der Waals surface area contributed by atoms with Gasteiger partial charge in [0.15, 0.2) is 15.6 Å². The first kappa shape index (κ1) is 19.9. The van der Waals surface area contributed by atoms with Crippen LogP contribution in [0, 0.1) is 0 Å². The van der Waals surface area contributed by atoms with E-state index >= 15 is 0 Å². The third-order valence-electron chi connectivity index (χ3n) is 3.80. The molecule has 1 aromatic heterocycles. The van der Waals surface area contributed by atoms with Gasteiger partial charge in [-0.1, -0.05) is 38.8 Å². The lowest BCUT2D eigenvalue weighted by Crippen LogP contribution is -2.05. The molecule has 3 rings (SSSR count). The van der Waals surface area contributed by atoms with Crippen molar-refractivity contribution in [3.05, 3.63) is 51.5 Å². The zero-order chi connectivity index (χ0) is 19.6. The van der Waals surface area contributed by atoms with Crippen molar-refractivity contribution in [2.45, 2.75) is 11.8 Å². The first-order chi connectivity index (χ1) is 12.8. The SMILES string of the molecule is CCS(=O)(=O)c1ccc(OC)c(Nc2ncc(-c3cc(Br)cc(Br)c3)o2)c1. The van der Waals surface area contributed by atoms with Gasteiger partial charge in [-0.15, -0.1) is 0 Å². The predicted molar refractivity (Wildman–Crippen MR) is 111 cm³/mol. The molecule has 0 aliphatic carbocycles. The molecule has 0 aliphatic heterocycles. The van der Waals surface area contributed by atoms with E-state index < -0.39 is 9.84 Å². The maximum atomic E-state index is 12.1. The second-order valence-corrected chi connectivity index (χ2v) is 9.69. The number of benzene rings is 2. The summed E-state index contributed by atoms with van der Waals surface area (Å²) < 4.78 is 37.2. The molecule has 0 saturated carbocycles. The maximum absolute atomic E-state index is 12.1. The van der Waals surface area contributed by atoms with E-state index in [1.807, 2.05) is 18.2 Å². The Labute approximate surface area is 174 Å². The van der Waals surface area contributed by atoms with Crippen LogP contribution in [0.5, 0.6) is 5.75 Å². The number of halogens is 2. The fraction of sp³-hybridized carbons (Fsp3) is 0.167. The predicted octanol–water partition coefficient (Wildman–Crippen LogP) is 5.41. The highest BCUT2D eigenvalue weighted by Crippen LogP contribution is 2.33. The summed E-state index contributed by atoms with van der Waals surface area (Å²) in [7, 11) is -1.83. The molecule has 3 aromatic rings. The van der Waals surface area contributed by atoms with E-state index in [0.717, 1.165) is 14.5 Å². The minimum atomic E-state index is -3.34. The summed E-state index contributed by atoms with van der Waals surface area (Å²) in [5, 5.41) is 2.99. The summed E-state index contributed by atoms with van der Waals surface area (Å²) >= 11 is 6.88. The van der Waals surface area contributed by atoms with Gasteiger partial charge in [0, 0.05) is 14.5 Å². The molecular formula is C18H16Br2N2O4S. The van der Waals surface area contributed by atoms with E-state index in [2.05, 4.69) is 42.2 Å². The lowest BCUT2D eigenvalue weighted by Gasteiger charge is -2.11. The van der Waals surface area contributed by atoms with Crippen LogP contribution in [-0.4, -0.2) is 26.3 Å². The molecule has 2 aromatic carbocycles. The van der Waals surface area contributed by atoms with Crippen LogP contribution in [-0.2, 0) is 9.84 Å². The number of aromatic nitrogens is 1. The molecule has 0 amide bonds. The van der Waals surface area contributed by atoms with Crippen molar-refractivity contribution in [3.8, 4) is 17.1 Å². The summed E-state index contributed by atoms with van der Waals surface area (Å²) in [5.74, 6) is 1.06. The Bertz CT molecular complexity index is 1060. The molecule has 0 spiro atoms. The highest BCUT2D eigenvalue weighted by molar-refractivity contribution is 9.11. The molecule has 0 saturated heterocycles. The van der Waals surface area contributed by atoms with E-state index in [0.29, 0.717) is 17.2 Å². The number of nitrogens with zero attached hydrogens (tertiary/aromatic N) is 1. The largest absolute Gasteiger partial charge is 0.495 e. The van der Waals surface area contributed by atoms with Crippen LogP contribution in [0.4, 0.5) is 11.7 Å². The standard InChI is InChI=1S/C18H16Br2N2O4S/c1-3-27(23,24)14-4-5-16(25-2)15(9-14)22-18-21-10-17(26-18)11-6-12(19)8-13(20)7-11/h4-10H,3H2,1-2H3,(H,21,22). The van der Waals surface area contributed by atoms with Gasteiger partial charge in [0.1, 0.15) is 5.75 Å². The van der Waals surface area contributed by atoms with E-state index in [9.17, 15) is 8.42 Å². The van der Waals surface area contributed by atoms with Gasteiger partial charge in [-0.2, -0.15) is 0 Å². The number of sulfone groups is 1. The van der Waals surface area contributed by atoms with Gasteiger partial charge in [-0.3, -0.25) is 0 Å². The normalized spacial score (nSPS) is 11.4. The Kier molecular flexibility index (Phi) is 5.92. The second kappa shape index (κ2) is 8.04. The fourth-order valence-electron chi connectivity index (χ4n) is 2.42. The summed E-state index contributed by atoms with van der Waals surface area (Å²) in [5.41, 5.74) is 1.29. The molecule has 142 valence electrons. The Morgan fingerprint density at radius 3 is 2.48 bits per heavy atom. The monoisotopic (exact) mass is 514 g/mol. The van der Waals surface area contributed by atoms with E-state index in [4.69, 9.17) is 9.15 Å². The molecule has 0 bridgehead atoms. The lowest BCUT2D eigenvalue weighted by molar-refractivity contribution is 0.416. The average Bonchev–Trinajstić information content (AvgIpc) is 3.09. The quantitative estimate of drug-likeness (QED) is 0.472. The van der Waals surface area contributed by atoms with Crippen LogP contribution in [0.25, 0.3) is 11.3 Å². The average molecular weight is 516 g/mol. The molecule has 0 aliphatic rings. The Balaban J connectivity index is 1.94. The first-order valence-electron chi connectivity index (χ1n) is 7.92. The molecule has 1 heterocycles. The Morgan fingerprint density at radius 2 is 1.85 bits per heavy atom. The zero-order valence-electron chi connectivity index (χ0n) is 14.5. The number of hydrogen-bond acceptors (Lipinski definition) is 6. The van der Waals surface area contributed by atoms with Crippen LogP contribution < -0.4 is 10.1 Å². The molecule has 27 heavy (non-hydrogen) atoms. The molecular weight excluding hydrogens is 500 g/mol. The van der Waals surface area contributed by atoms with Gasteiger partial charge in [-0.25, -0.2) is 13.4 Å². The van der Waals surface area contributed by atoms with E-state index in [-0.39, 0.29) is 16.7 Å². The van der Waals surface area contributed by atoms with Crippen molar-refractivity contribution >= 4 is 53.4 Å². The summed E-state index contributed by atoms with van der Waals surface area (Å²) in [6.07, 6.45) is 1.59. The Hall–Kier alpha value is -1.84. The molecule has 0 atom stereocenters. The minimum absolute atomic E-state index is 0.0136. The van der Waals surface area contributed by atoms with Gasteiger partial charge < -0.3 is 14.5 Å². The minimum Gasteiger partial charge on any atom is -0.495 e. The number of nitrogens with one attached hydrogen (secondary N) is 1. The summed E-state index contributed by atoms with van der Waals surface area (Å²) in [6.45, 7) is 1.60. The molecule has 1 N–H and O–H groups in total. The van der Waals surface area contributed by atoms with Crippen molar-refractivity contribution in [1.82, 2.24) is 4.98 Å². The van der Waals surface area contributed by atoms with E-state index in [1.54, 1.807) is 19.2 Å². The van der Waals surface area contributed by atoms with Crippen LogP contribution in [0.1, 0.15) is 6.92 Å². The first-order valence-corrected chi connectivity index (χ1v) is 11.2. The smallest absolute Gasteiger partial charge is 0.299 e. The highest BCUT2D eigenvalue weighted by Gasteiger charge is 2.16. The van der Waals surface area contributed by atoms with Gasteiger partial charge in [-0.05, 0) is 36.4 Å². The molecule has 0 fully saturated rings. The topological polar surface area (TPSA) is 81.4 Å². The van der Waals surface area contributed by atoms with Gasteiger partial charge in [0.25, 0.3) is 6.01 Å². The number of hydrogen-bond donors (Lipinski definition) is 1. The highest BCUT2D eigenvalue weighted by atomic mass is 79.9. The van der Waals surface area contributed by atoms with E-state index in [1.165, 1.54) is 19.2 Å². The van der Waals surface area contributed by atoms with Gasteiger partial charge in [0.2, 0.25) is 0 Å². The van der Waals surface area contributed by atoms with Crippen molar-refractivity contribution in [1.29, 1.82) is 0 Å². The maximum Gasteiger partial charge on any atom is 0.299 e.